The highest BCUT2D eigenvalue weighted by molar-refractivity contribution is 5.99. The highest BCUT2D eigenvalue weighted by atomic mass is 16.4. The molecule has 0 aliphatic rings. The van der Waals surface area contributed by atoms with E-state index in [1.54, 1.807) is 0 Å². The summed E-state index contributed by atoms with van der Waals surface area (Å²) in [5.74, 6) is -2.50. The molecule has 0 saturated carbocycles. The van der Waals surface area contributed by atoms with E-state index in [-0.39, 0.29) is 17.7 Å². The van der Waals surface area contributed by atoms with Crippen LogP contribution in [-0.2, 0) is 4.79 Å². The number of amides is 1. The van der Waals surface area contributed by atoms with Crippen molar-refractivity contribution in [3.05, 3.63) is 34.2 Å². The second-order valence-electron chi connectivity index (χ2n) is 4.38. The molecule has 1 aromatic carbocycles. The van der Waals surface area contributed by atoms with Crippen LogP contribution < -0.4 is 10.4 Å². The number of nitrogens with zero attached hydrogens (tertiary/aromatic N) is 3. The molecule has 8 heteroatoms. The Labute approximate surface area is 121 Å². The van der Waals surface area contributed by atoms with Crippen LogP contribution in [-0.4, -0.2) is 23.0 Å². The molecule has 21 heavy (non-hydrogen) atoms. The van der Waals surface area contributed by atoms with Gasteiger partial charge in [0.05, 0.1) is 17.6 Å². The standard InChI is InChI=1S/C13H16N4O4/c1-2-3-4-10(13(20)21)15-12(19)9-6-5-8(16-17-14)7-11(9)18/h5-7,10,18H,2-4H2,1H3,(H,15,19)(H,20,21)/p-1. The van der Waals surface area contributed by atoms with Crippen LogP contribution in [0.3, 0.4) is 0 Å². The third kappa shape index (κ3) is 4.70. The molecular formula is C13H15N4O4-. The molecule has 1 amide bonds. The minimum Gasteiger partial charge on any atom is -0.548 e. The van der Waals surface area contributed by atoms with Gasteiger partial charge in [0.1, 0.15) is 5.75 Å². The molecule has 0 aliphatic heterocycles. The van der Waals surface area contributed by atoms with Crippen LogP contribution in [0, 0.1) is 0 Å². The summed E-state index contributed by atoms with van der Waals surface area (Å²) in [5.41, 5.74) is 8.32. The topological polar surface area (TPSA) is 138 Å². The number of aliphatic carboxylic acids is 1. The van der Waals surface area contributed by atoms with Gasteiger partial charge in [-0.1, -0.05) is 30.9 Å². The first-order chi connectivity index (χ1) is 9.99. The lowest BCUT2D eigenvalue weighted by Crippen LogP contribution is -2.47. The van der Waals surface area contributed by atoms with Crippen molar-refractivity contribution in [2.75, 3.05) is 0 Å². The van der Waals surface area contributed by atoms with Gasteiger partial charge in [-0.15, -0.1) is 0 Å². The minimum atomic E-state index is -1.37. The Morgan fingerprint density at radius 1 is 1.52 bits per heavy atom. The van der Waals surface area contributed by atoms with Crippen LogP contribution >= 0.6 is 0 Å². The summed E-state index contributed by atoms with van der Waals surface area (Å²) in [6, 6.07) is 2.60. The molecule has 1 unspecified atom stereocenters. The van der Waals surface area contributed by atoms with Crippen molar-refractivity contribution in [2.24, 2.45) is 5.11 Å². The number of hydrogen-bond acceptors (Lipinski definition) is 5. The van der Waals surface area contributed by atoms with Gasteiger partial charge in [-0.3, -0.25) is 4.79 Å². The second-order valence-corrected chi connectivity index (χ2v) is 4.38. The quantitative estimate of drug-likeness (QED) is 0.445. The zero-order chi connectivity index (χ0) is 15.8. The van der Waals surface area contributed by atoms with Crippen molar-refractivity contribution in [3.8, 4) is 5.75 Å². The Morgan fingerprint density at radius 2 is 2.24 bits per heavy atom. The van der Waals surface area contributed by atoms with E-state index < -0.39 is 23.7 Å². The normalized spacial score (nSPS) is 11.3. The largest absolute Gasteiger partial charge is 0.548 e. The molecule has 0 saturated heterocycles. The fourth-order valence-electron chi connectivity index (χ4n) is 1.72. The number of carbonyl (C=O) groups excluding carboxylic acids is 2. The maximum atomic E-state index is 11.9. The van der Waals surface area contributed by atoms with Crippen LogP contribution in [0.2, 0.25) is 0 Å². The Hall–Kier alpha value is -2.73. The van der Waals surface area contributed by atoms with Gasteiger partial charge in [-0.2, -0.15) is 0 Å². The lowest BCUT2D eigenvalue weighted by atomic mass is 10.1. The molecule has 0 radical (unpaired) electrons. The SMILES string of the molecule is CCCCC(NC(=O)c1ccc(N=[N+]=[N-])cc1O)C(=O)[O-]. The van der Waals surface area contributed by atoms with Crippen molar-refractivity contribution in [2.45, 2.75) is 32.2 Å². The number of hydrogen-bond donors (Lipinski definition) is 2. The molecule has 0 bridgehead atoms. The number of phenols is 1. The summed E-state index contributed by atoms with van der Waals surface area (Å²) in [5, 5.41) is 26.2. The molecule has 2 N–H and O–H groups in total. The van der Waals surface area contributed by atoms with Gasteiger partial charge in [-0.25, -0.2) is 0 Å². The lowest BCUT2D eigenvalue weighted by Gasteiger charge is -2.19. The fraction of sp³-hybridized carbons (Fsp3) is 0.385. The summed E-state index contributed by atoms with van der Waals surface area (Å²) < 4.78 is 0. The zero-order valence-corrected chi connectivity index (χ0v) is 11.4. The Bertz CT molecular complexity index is 582. The van der Waals surface area contributed by atoms with E-state index in [1.165, 1.54) is 12.1 Å². The maximum Gasteiger partial charge on any atom is 0.255 e. The highest BCUT2D eigenvalue weighted by Crippen LogP contribution is 2.24. The highest BCUT2D eigenvalue weighted by Gasteiger charge is 2.17. The first-order valence-electron chi connectivity index (χ1n) is 6.39. The number of phenolic OH excluding ortho intramolecular Hbond substituents is 1. The van der Waals surface area contributed by atoms with E-state index in [0.29, 0.717) is 6.42 Å². The summed E-state index contributed by atoms with van der Waals surface area (Å²) in [6.07, 6.45) is 1.66. The van der Waals surface area contributed by atoms with Crippen LogP contribution in [0.15, 0.2) is 23.3 Å². The van der Waals surface area contributed by atoms with E-state index in [9.17, 15) is 19.8 Å². The van der Waals surface area contributed by atoms with E-state index in [0.717, 1.165) is 12.5 Å². The summed E-state index contributed by atoms with van der Waals surface area (Å²) in [4.78, 5) is 25.5. The van der Waals surface area contributed by atoms with Crippen LogP contribution in [0.4, 0.5) is 5.69 Å². The molecular weight excluding hydrogens is 276 g/mol. The van der Waals surface area contributed by atoms with Crippen LogP contribution in [0.5, 0.6) is 5.75 Å². The molecule has 1 atom stereocenters. The number of carboxylic acid groups (broad SMARTS) is 1. The Kier molecular flexibility index (Phi) is 6.03. The average Bonchev–Trinajstić information content (AvgIpc) is 2.43. The van der Waals surface area contributed by atoms with Crippen molar-refractivity contribution in [1.29, 1.82) is 0 Å². The molecule has 1 rings (SSSR count). The van der Waals surface area contributed by atoms with Crippen molar-refractivity contribution in [1.82, 2.24) is 5.32 Å². The van der Waals surface area contributed by atoms with Gasteiger partial charge in [-0.05, 0) is 24.1 Å². The molecule has 0 aromatic heterocycles. The van der Waals surface area contributed by atoms with Gasteiger partial charge in [0.2, 0.25) is 0 Å². The number of azide groups is 1. The Balaban J connectivity index is 2.87. The Morgan fingerprint density at radius 3 is 2.76 bits per heavy atom. The predicted molar refractivity (Wildman–Crippen MR) is 72.7 cm³/mol. The predicted octanol–water partition coefficient (Wildman–Crippen LogP) is 1.37. The molecule has 0 aliphatic carbocycles. The molecule has 0 heterocycles. The number of benzene rings is 1. The number of carboxylic acids is 1. The van der Waals surface area contributed by atoms with Gasteiger partial charge in [0, 0.05) is 10.6 Å². The van der Waals surface area contributed by atoms with Gasteiger partial charge >= 0.3 is 0 Å². The first kappa shape index (κ1) is 16.3. The van der Waals surface area contributed by atoms with Gasteiger partial charge < -0.3 is 20.3 Å². The van der Waals surface area contributed by atoms with Gasteiger partial charge in [0.25, 0.3) is 5.91 Å². The molecule has 0 fully saturated rings. The second kappa shape index (κ2) is 7.76. The van der Waals surface area contributed by atoms with Gasteiger partial charge in [0.15, 0.2) is 0 Å². The van der Waals surface area contributed by atoms with E-state index in [2.05, 4.69) is 15.3 Å². The third-order valence-electron chi connectivity index (χ3n) is 2.82. The third-order valence-corrected chi connectivity index (χ3v) is 2.82. The van der Waals surface area contributed by atoms with Crippen molar-refractivity contribution in [3.63, 3.8) is 0 Å². The summed E-state index contributed by atoms with van der Waals surface area (Å²) in [7, 11) is 0. The van der Waals surface area contributed by atoms with Crippen molar-refractivity contribution < 1.29 is 19.8 Å². The number of rotatable bonds is 7. The molecule has 112 valence electrons. The fourth-order valence-corrected chi connectivity index (χ4v) is 1.72. The molecule has 1 aromatic rings. The number of carbonyl (C=O) groups is 2. The minimum absolute atomic E-state index is 0.102. The van der Waals surface area contributed by atoms with Crippen molar-refractivity contribution >= 4 is 17.6 Å². The molecule has 0 spiro atoms. The summed E-state index contributed by atoms with van der Waals surface area (Å²) in [6.45, 7) is 1.90. The van der Waals surface area contributed by atoms with Crippen LogP contribution in [0.1, 0.15) is 36.5 Å². The number of nitrogens with one attached hydrogen (secondary N) is 1. The van der Waals surface area contributed by atoms with E-state index in [1.807, 2.05) is 6.92 Å². The number of aromatic hydroxyl groups is 1. The first-order valence-corrected chi connectivity index (χ1v) is 6.39. The summed E-state index contributed by atoms with van der Waals surface area (Å²) >= 11 is 0. The monoisotopic (exact) mass is 291 g/mol. The lowest BCUT2D eigenvalue weighted by molar-refractivity contribution is -0.308. The average molecular weight is 291 g/mol. The smallest absolute Gasteiger partial charge is 0.255 e. The zero-order valence-electron chi connectivity index (χ0n) is 11.4. The van der Waals surface area contributed by atoms with Crippen LogP contribution in [0.25, 0.3) is 10.4 Å². The van der Waals surface area contributed by atoms with E-state index in [4.69, 9.17) is 5.53 Å². The molecule has 8 nitrogen and oxygen atoms in total. The maximum absolute atomic E-state index is 11.9. The van der Waals surface area contributed by atoms with E-state index >= 15 is 0 Å². The number of unbranched alkanes of at least 4 members (excludes halogenated alkanes) is 1.